The van der Waals surface area contributed by atoms with Crippen molar-refractivity contribution in [3.8, 4) is 11.1 Å². The number of hydrogen-bond donors (Lipinski definition) is 1. The molecule has 0 fully saturated rings. The summed E-state index contributed by atoms with van der Waals surface area (Å²) in [5, 5.41) is 6.77. The second-order valence-electron chi connectivity index (χ2n) is 5.75. The molecule has 5 heteroatoms. The molecule has 0 spiro atoms. The molecule has 0 aliphatic carbocycles. The van der Waals surface area contributed by atoms with Crippen LogP contribution in [0.5, 0.6) is 0 Å². The van der Waals surface area contributed by atoms with Crippen molar-refractivity contribution < 1.29 is 4.74 Å². The van der Waals surface area contributed by atoms with Gasteiger partial charge in [0.05, 0.1) is 6.20 Å². The zero-order valence-corrected chi connectivity index (χ0v) is 12.3. The summed E-state index contributed by atoms with van der Waals surface area (Å²) in [6, 6.07) is 3.29. The molecule has 4 nitrogen and oxygen atoms in total. The first-order valence-corrected chi connectivity index (χ1v) is 9.98. The maximum atomic E-state index is 5.70. The smallest absolute Gasteiger partial charge is 0.122 e. The molecule has 2 aromatic heterocycles. The highest BCUT2D eigenvalue weighted by molar-refractivity contribution is 6.76. The third-order valence-corrected chi connectivity index (χ3v) is 4.52. The van der Waals surface area contributed by atoms with Crippen LogP contribution >= 0.6 is 0 Å². The van der Waals surface area contributed by atoms with Crippen LogP contribution in [0.15, 0.2) is 30.9 Å². The summed E-state index contributed by atoms with van der Waals surface area (Å²) in [4.78, 5) is 0. The lowest BCUT2D eigenvalue weighted by molar-refractivity contribution is 0.0875. The van der Waals surface area contributed by atoms with Gasteiger partial charge in [-0.25, -0.2) is 0 Å². The molecule has 0 aliphatic rings. The lowest BCUT2D eigenvalue weighted by Gasteiger charge is -2.15. The fraction of sp³-hybridized carbons (Fsp3) is 0.462. The molecule has 0 aliphatic heterocycles. The molecule has 2 aromatic rings. The van der Waals surface area contributed by atoms with Crippen LogP contribution in [0.2, 0.25) is 25.7 Å². The van der Waals surface area contributed by atoms with Crippen LogP contribution in [0, 0.1) is 0 Å². The van der Waals surface area contributed by atoms with E-state index >= 15 is 0 Å². The first-order chi connectivity index (χ1) is 8.54. The molecule has 98 valence electrons. The predicted octanol–water partition coefficient (Wildman–Crippen LogP) is 3.19. The quantitative estimate of drug-likeness (QED) is 0.642. The summed E-state index contributed by atoms with van der Waals surface area (Å²) < 4.78 is 7.76. The average molecular weight is 263 g/mol. The molecule has 2 rings (SSSR count). The van der Waals surface area contributed by atoms with Gasteiger partial charge < -0.3 is 9.30 Å². The minimum absolute atomic E-state index is 0.627. The van der Waals surface area contributed by atoms with Gasteiger partial charge in [0.25, 0.3) is 0 Å². The van der Waals surface area contributed by atoms with Gasteiger partial charge in [0.2, 0.25) is 0 Å². The van der Waals surface area contributed by atoms with Crippen LogP contribution in [-0.4, -0.2) is 29.4 Å². The summed E-state index contributed by atoms with van der Waals surface area (Å²) in [5.41, 5.74) is 2.27. The molecule has 0 aromatic carbocycles. The van der Waals surface area contributed by atoms with E-state index in [1.807, 2.05) is 18.6 Å². The van der Waals surface area contributed by atoms with Crippen LogP contribution in [0.1, 0.15) is 0 Å². The van der Waals surface area contributed by atoms with Gasteiger partial charge in [0.1, 0.15) is 6.73 Å². The summed E-state index contributed by atoms with van der Waals surface area (Å²) in [6.45, 7) is 8.58. The van der Waals surface area contributed by atoms with Crippen LogP contribution in [0.25, 0.3) is 11.1 Å². The van der Waals surface area contributed by atoms with Crippen molar-refractivity contribution in [2.45, 2.75) is 32.4 Å². The fourth-order valence-electron chi connectivity index (χ4n) is 1.65. The topological polar surface area (TPSA) is 42.8 Å². The molecule has 18 heavy (non-hydrogen) atoms. The molecular weight excluding hydrogens is 242 g/mol. The number of hydrogen-bond acceptors (Lipinski definition) is 2. The normalized spacial score (nSPS) is 11.9. The molecule has 0 amide bonds. The monoisotopic (exact) mass is 263 g/mol. The second kappa shape index (κ2) is 5.54. The molecule has 0 radical (unpaired) electrons. The van der Waals surface area contributed by atoms with Gasteiger partial charge >= 0.3 is 0 Å². The van der Waals surface area contributed by atoms with Crippen LogP contribution in [-0.2, 0) is 11.5 Å². The molecule has 0 atom stereocenters. The van der Waals surface area contributed by atoms with E-state index in [0.29, 0.717) is 6.73 Å². The van der Waals surface area contributed by atoms with Crippen LogP contribution in [0.3, 0.4) is 0 Å². The van der Waals surface area contributed by atoms with Crippen molar-refractivity contribution in [2.75, 3.05) is 6.61 Å². The maximum Gasteiger partial charge on any atom is 0.122 e. The van der Waals surface area contributed by atoms with E-state index in [2.05, 4.69) is 46.7 Å². The van der Waals surface area contributed by atoms with Crippen molar-refractivity contribution in [3.05, 3.63) is 30.9 Å². The molecule has 0 unspecified atom stereocenters. The number of H-pyrrole nitrogens is 1. The zero-order chi connectivity index (χ0) is 13.0. The Labute approximate surface area is 109 Å². The SMILES string of the molecule is C[Si](C)(C)CCOCn1ccc(-c2cn[nH]c2)c1. The van der Waals surface area contributed by atoms with E-state index in [1.54, 1.807) is 0 Å². The van der Waals surface area contributed by atoms with Gasteiger partial charge in [-0.05, 0) is 12.1 Å². The first kappa shape index (κ1) is 13.1. The van der Waals surface area contributed by atoms with E-state index in [0.717, 1.165) is 17.7 Å². The van der Waals surface area contributed by atoms with Gasteiger partial charge in [-0.3, -0.25) is 5.10 Å². The Kier molecular flexibility index (Phi) is 4.03. The number of aromatic nitrogens is 3. The Hall–Kier alpha value is -1.33. The van der Waals surface area contributed by atoms with Crippen LogP contribution < -0.4 is 0 Å². The number of aromatic amines is 1. The van der Waals surface area contributed by atoms with Gasteiger partial charge in [0.15, 0.2) is 0 Å². The lowest BCUT2D eigenvalue weighted by Crippen LogP contribution is -2.21. The van der Waals surface area contributed by atoms with E-state index in [1.165, 1.54) is 6.04 Å². The Morgan fingerprint density at radius 2 is 2.17 bits per heavy atom. The summed E-state index contributed by atoms with van der Waals surface area (Å²) in [5.74, 6) is 0. The third kappa shape index (κ3) is 3.85. The number of nitrogens with one attached hydrogen (secondary N) is 1. The lowest BCUT2D eigenvalue weighted by atomic mass is 10.2. The summed E-state index contributed by atoms with van der Waals surface area (Å²) >= 11 is 0. The van der Waals surface area contributed by atoms with E-state index in [4.69, 9.17) is 4.74 Å². The van der Waals surface area contributed by atoms with Crippen LogP contribution in [0.4, 0.5) is 0 Å². The van der Waals surface area contributed by atoms with Gasteiger partial charge in [0, 0.05) is 44.4 Å². The second-order valence-corrected chi connectivity index (χ2v) is 11.4. The van der Waals surface area contributed by atoms with Crippen molar-refractivity contribution in [1.82, 2.24) is 14.8 Å². The minimum atomic E-state index is -0.980. The minimum Gasteiger partial charge on any atom is -0.361 e. The van der Waals surface area contributed by atoms with Crippen molar-refractivity contribution in [2.24, 2.45) is 0 Å². The Bertz CT molecular complexity index is 471. The highest BCUT2D eigenvalue weighted by Crippen LogP contribution is 2.17. The Morgan fingerprint density at radius 3 is 2.83 bits per heavy atom. The average Bonchev–Trinajstić information content (AvgIpc) is 2.93. The van der Waals surface area contributed by atoms with Crippen molar-refractivity contribution in [1.29, 1.82) is 0 Å². The molecule has 0 saturated heterocycles. The van der Waals surface area contributed by atoms with Crippen molar-refractivity contribution in [3.63, 3.8) is 0 Å². The number of rotatable bonds is 6. The van der Waals surface area contributed by atoms with E-state index < -0.39 is 8.07 Å². The Balaban J connectivity index is 1.81. The summed E-state index contributed by atoms with van der Waals surface area (Å²) in [7, 11) is -0.980. The third-order valence-electron chi connectivity index (χ3n) is 2.82. The van der Waals surface area contributed by atoms with E-state index in [-0.39, 0.29) is 0 Å². The standard InChI is InChI=1S/C13H21N3OSi/c1-18(2,3)7-6-17-11-16-5-4-12(10-16)13-8-14-15-9-13/h4-5,8-10H,6-7,11H2,1-3H3,(H,14,15). The van der Waals surface area contributed by atoms with Gasteiger partial charge in [-0.15, -0.1) is 0 Å². The highest BCUT2D eigenvalue weighted by atomic mass is 28.3. The molecule has 1 N–H and O–H groups in total. The van der Waals surface area contributed by atoms with Gasteiger partial charge in [-0.2, -0.15) is 5.10 Å². The largest absolute Gasteiger partial charge is 0.361 e. The fourth-order valence-corrected chi connectivity index (χ4v) is 2.41. The van der Waals surface area contributed by atoms with E-state index in [9.17, 15) is 0 Å². The number of ether oxygens (including phenoxy) is 1. The maximum absolute atomic E-state index is 5.70. The Morgan fingerprint density at radius 1 is 1.33 bits per heavy atom. The molecule has 0 saturated carbocycles. The molecular formula is C13H21N3OSi. The predicted molar refractivity (Wildman–Crippen MR) is 76.1 cm³/mol. The number of nitrogens with zero attached hydrogens (tertiary/aromatic N) is 2. The molecule has 0 bridgehead atoms. The zero-order valence-electron chi connectivity index (χ0n) is 11.3. The van der Waals surface area contributed by atoms with Gasteiger partial charge in [-0.1, -0.05) is 19.6 Å². The molecule has 2 heterocycles. The first-order valence-electron chi connectivity index (χ1n) is 6.27. The summed E-state index contributed by atoms with van der Waals surface area (Å²) in [6.07, 6.45) is 7.84. The van der Waals surface area contributed by atoms with Crippen molar-refractivity contribution >= 4 is 8.07 Å². The highest BCUT2D eigenvalue weighted by Gasteiger charge is 2.11.